The molecule has 3 rings (SSSR count). The summed E-state index contributed by atoms with van der Waals surface area (Å²) in [5.41, 5.74) is 2.05. The Morgan fingerprint density at radius 2 is 2.00 bits per heavy atom. The minimum absolute atomic E-state index is 0.0148. The third-order valence-electron chi connectivity index (χ3n) is 4.11. The molecule has 1 aliphatic rings. The molecule has 0 radical (unpaired) electrons. The Labute approximate surface area is 157 Å². The van der Waals surface area contributed by atoms with E-state index in [4.69, 9.17) is 16.3 Å². The van der Waals surface area contributed by atoms with Gasteiger partial charge in [0.1, 0.15) is 12.4 Å². The maximum absolute atomic E-state index is 12.4. The second kappa shape index (κ2) is 7.79. The predicted molar refractivity (Wildman–Crippen MR) is 102 cm³/mol. The smallest absolute Gasteiger partial charge is 0.255 e. The lowest BCUT2D eigenvalue weighted by Gasteiger charge is -2.26. The van der Waals surface area contributed by atoms with Crippen molar-refractivity contribution in [2.24, 2.45) is 5.92 Å². The zero-order valence-corrected chi connectivity index (χ0v) is 15.5. The number of halogens is 1. The summed E-state index contributed by atoms with van der Waals surface area (Å²) in [4.78, 5) is 24.6. The highest BCUT2D eigenvalue weighted by Gasteiger charge is 2.26. The van der Waals surface area contributed by atoms with Gasteiger partial charge < -0.3 is 15.4 Å². The van der Waals surface area contributed by atoms with Crippen LogP contribution in [0.3, 0.4) is 0 Å². The van der Waals surface area contributed by atoms with Crippen LogP contribution >= 0.6 is 11.6 Å². The molecule has 2 aromatic rings. The molecule has 1 atom stereocenters. The van der Waals surface area contributed by atoms with Crippen LogP contribution in [0.2, 0.25) is 5.02 Å². The molecule has 1 heterocycles. The van der Waals surface area contributed by atoms with Gasteiger partial charge in [0.25, 0.3) is 5.91 Å². The molecule has 6 heteroatoms. The molecule has 26 heavy (non-hydrogen) atoms. The Kier molecular flexibility index (Phi) is 5.47. The predicted octanol–water partition coefficient (Wildman–Crippen LogP) is 3.67. The SMILES string of the molecule is CC(C)NC(=O)[C@@H]1COc2ccc(NC(=O)c3cccc(Cl)c3)cc2C1. The number of amides is 2. The van der Waals surface area contributed by atoms with Crippen LogP contribution in [0.25, 0.3) is 0 Å². The van der Waals surface area contributed by atoms with E-state index in [9.17, 15) is 9.59 Å². The second-order valence-corrected chi connectivity index (χ2v) is 7.10. The first kappa shape index (κ1) is 18.3. The molecular weight excluding hydrogens is 352 g/mol. The van der Waals surface area contributed by atoms with E-state index in [0.29, 0.717) is 29.3 Å². The first-order chi connectivity index (χ1) is 12.4. The van der Waals surface area contributed by atoms with E-state index in [0.717, 1.165) is 11.3 Å². The molecule has 0 unspecified atom stereocenters. The van der Waals surface area contributed by atoms with Crippen molar-refractivity contribution in [2.75, 3.05) is 11.9 Å². The highest BCUT2D eigenvalue weighted by Crippen LogP contribution is 2.30. The zero-order chi connectivity index (χ0) is 18.7. The van der Waals surface area contributed by atoms with Crippen molar-refractivity contribution in [3.8, 4) is 5.75 Å². The highest BCUT2D eigenvalue weighted by atomic mass is 35.5. The maximum Gasteiger partial charge on any atom is 0.255 e. The third-order valence-corrected chi connectivity index (χ3v) is 4.35. The van der Waals surface area contributed by atoms with Crippen molar-refractivity contribution in [3.05, 3.63) is 58.6 Å². The number of ether oxygens (including phenoxy) is 1. The van der Waals surface area contributed by atoms with Gasteiger partial charge >= 0.3 is 0 Å². The maximum atomic E-state index is 12.4. The number of hydrogen-bond donors (Lipinski definition) is 2. The molecule has 2 N–H and O–H groups in total. The number of hydrogen-bond acceptors (Lipinski definition) is 3. The van der Waals surface area contributed by atoms with E-state index in [1.807, 2.05) is 26.0 Å². The third kappa shape index (κ3) is 4.35. The van der Waals surface area contributed by atoms with Gasteiger partial charge in [0.2, 0.25) is 5.91 Å². The van der Waals surface area contributed by atoms with Crippen LogP contribution in [0.4, 0.5) is 5.69 Å². The largest absolute Gasteiger partial charge is 0.492 e. The molecule has 0 saturated heterocycles. The van der Waals surface area contributed by atoms with Crippen molar-refractivity contribution in [2.45, 2.75) is 26.3 Å². The van der Waals surface area contributed by atoms with E-state index in [2.05, 4.69) is 10.6 Å². The fourth-order valence-corrected chi connectivity index (χ4v) is 3.07. The average Bonchev–Trinajstić information content (AvgIpc) is 2.60. The van der Waals surface area contributed by atoms with Crippen LogP contribution in [0.15, 0.2) is 42.5 Å². The van der Waals surface area contributed by atoms with Crippen molar-refractivity contribution < 1.29 is 14.3 Å². The lowest BCUT2D eigenvalue weighted by atomic mass is 9.95. The van der Waals surface area contributed by atoms with Crippen molar-refractivity contribution in [1.29, 1.82) is 0 Å². The molecule has 0 spiro atoms. The zero-order valence-electron chi connectivity index (χ0n) is 14.7. The summed E-state index contributed by atoms with van der Waals surface area (Å²) in [7, 11) is 0. The van der Waals surface area contributed by atoms with Gasteiger partial charge in [0.05, 0.1) is 5.92 Å². The number of rotatable bonds is 4. The Hall–Kier alpha value is -2.53. The number of benzene rings is 2. The summed E-state index contributed by atoms with van der Waals surface area (Å²) in [5, 5.41) is 6.28. The topological polar surface area (TPSA) is 67.4 Å². The first-order valence-electron chi connectivity index (χ1n) is 8.55. The molecular formula is C20H21ClN2O3. The van der Waals surface area contributed by atoms with E-state index >= 15 is 0 Å². The number of anilines is 1. The summed E-state index contributed by atoms with van der Waals surface area (Å²) >= 11 is 5.93. The highest BCUT2D eigenvalue weighted by molar-refractivity contribution is 6.31. The minimum Gasteiger partial charge on any atom is -0.492 e. The molecule has 1 aliphatic heterocycles. The van der Waals surface area contributed by atoms with Gasteiger partial charge in [-0.2, -0.15) is 0 Å². The normalized spacial score (nSPS) is 15.8. The molecule has 0 saturated carbocycles. The van der Waals surface area contributed by atoms with Crippen LogP contribution in [0.1, 0.15) is 29.8 Å². The van der Waals surface area contributed by atoms with Crippen LogP contribution in [0, 0.1) is 5.92 Å². The van der Waals surface area contributed by atoms with Gasteiger partial charge in [-0.05, 0) is 62.2 Å². The molecule has 5 nitrogen and oxygen atoms in total. The average molecular weight is 373 g/mol. The number of carbonyl (C=O) groups excluding carboxylic acids is 2. The molecule has 0 bridgehead atoms. The van der Waals surface area contributed by atoms with E-state index in [1.165, 1.54) is 0 Å². The van der Waals surface area contributed by atoms with Crippen LogP contribution in [0.5, 0.6) is 5.75 Å². The van der Waals surface area contributed by atoms with Crippen molar-refractivity contribution in [3.63, 3.8) is 0 Å². The summed E-state index contributed by atoms with van der Waals surface area (Å²) < 4.78 is 5.71. The lowest BCUT2D eigenvalue weighted by molar-refractivity contribution is -0.126. The van der Waals surface area contributed by atoms with Crippen molar-refractivity contribution >= 4 is 29.1 Å². The second-order valence-electron chi connectivity index (χ2n) is 6.66. The number of fused-ring (bicyclic) bond motifs is 1. The standard InChI is InChI=1S/C20H21ClN2O3/c1-12(2)22-20(25)15-8-14-10-17(6-7-18(14)26-11-15)23-19(24)13-4-3-5-16(21)9-13/h3-7,9-10,12,15H,8,11H2,1-2H3,(H,22,25)(H,23,24)/t15-/m0/s1. The molecule has 2 amide bonds. The fraction of sp³-hybridized carbons (Fsp3) is 0.300. The van der Waals surface area contributed by atoms with E-state index < -0.39 is 0 Å². The Morgan fingerprint density at radius 3 is 2.73 bits per heavy atom. The Balaban J connectivity index is 1.72. The molecule has 136 valence electrons. The summed E-state index contributed by atoms with van der Waals surface area (Å²) in [6, 6.07) is 12.3. The van der Waals surface area contributed by atoms with Crippen LogP contribution < -0.4 is 15.4 Å². The molecule has 0 aliphatic carbocycles. The summed E-state index contributed by atoms with van der Waals surface area (Å²) in [5.74, 6) is 0.264. The fourth-order valence-electron chi connectivity index (χ4n) is 2.88. The van der Waals surface area contributed by atoms with Gasteiger partial charge in [0.15, 0.2) is 0 Å². The van der Waals surface area contributed by atoms with E-state index in [1.54, 1.807) is 30.3 Å². The van der Waals surface area contributed by atoms with Gasteiger partial charge in [-0.1, -0.05) is 17.7 Å². The lowest BCUT2D eigenvalue weighted by Crippen LogP contribution is -2.40. The quantitative estimate of drug-likeness (QED) is 0.860. The minimum atomic E-state index is -0.238. The van der Waals surface area contributed by atoms with Crippen molar-refractivity contribution in [1.82, 2.24) is 5.32 Å². The molecule has 2 aromatic carbocycles. The van der Waals surface area contributed by atoms with Gasteiger partial charge in [-0.25, -0.2) is 0 Å². The van der Waals surface area contributed by atoms with Crippen LogP contribution in [-0.2, 0) is 11.2 Å². The van der Waals surface area contributed by atoms with Gasteiger partial charge in [0, 0.05) is 22.3 Å². The number of carbonyl (C=O) groups is 2. The Morgan fingerprint density at radius 1 is 1.19 bits per heavy atom. The molecule has 0 fully saturated rings. The van der Waals surface area contributed by atoms with Gasteiger partial charge in [-0.3, -0.25) is 9.59 Å². The van der Waals surface area contributed by atoms with Crippen LogP contribution in [-0.4, -0.2) is 24.5 Å². The van der Waals surface area contributed by atoms with E-state index in [-0.39, 0.29) is 23.8 Å². The monoisotopic (exact) mass is 372 g/mol. The molecule has 0 aromatic heterocycles. The summed E-state index contributed by atoms with van der Waals surface area (Å²) in [6.45, 7) is 4.22. The number of nitrogens with one attached hydrogen (secondary N) is 2. The summed E-state index contributed by atoms with van der Waals surface area (Å²) in [6.07, 6.45) is 0.578. The van der Waals surface area contributed by atoms with Gasteiger partial charge in [-0.15, -0.1) is 0 Å². The Bertz CT molecular complexity index is 836. The first-order valence-corrected chi connectivity index (χ1v) is 8.93.